The number of anilines is 1. The van der Waals surface area contributed by atoms with Crippen LogP contribution < -0.4 is 10.2 Å². The number of rotatable bonds is 5. The molecule has 5 nitrogen and oxygen atoms in total. The monoisotopic (exact) mass is 442 g/mol. The molecule has 1 aliphatic carbocycles. The van der Waals surface area contributed by atoms with Gasteiger partial charge in [0.15, 0.2) is 0 Å². The van der Waals surface area contributed by atoms with Crippen LogP contribution in [0.3, 0.4) is 0 Å². The number of aryl methyl sites for hydroxylation is 2. The summed E-state index contributed by atoms with van der Waals surface area (Å²) in [5.41, 5.74) is 1.70. The Kier molecular flexibility index (Phi) is 6.06. The van der Waals surface area contributed by atoms with Crippen molar-refractivity contribution in [2.75, 3.05) is 18.0 Å². The quantitative estimate of drug-likeness (QED) is 0.651. The predicted octanol–water partition coefficient (Wildman–Crippen LogP) is 5.64. The average Bonchev–Trinajstić information content (AvgIpc) is 3.20. The fourth-order valence-electron chi connectivity index (χ4n) is 5.68. The zero-order chi connectivity index (χ0) is 22.4. The summed E-state index contributed by atoms with van der Waals surface area (Å²) in [5, 5.41) is 6.64. The molecular weight excluding hydrogens is 404 g/mol. The van der Waals surface area contributed by atoms with Crippen LogP contribution in [0, 0.1) is 30.6 Å². The molecule has 2 atom stereocenters. The van der Waals surface area contributed by atoms with Gasteiger partial charge in [0.2, 0.25) is 5.91 Å². The molecule has 2 aliphatic rings. The van der Waals surface area contributed by atoms with Gasteiger partial charge in [-0.2, -0.15) is 0 Å². The molecule has 31 heavy (non-hydrogen) atoms. The molecule has 2 fully saturated rings. The summed E-state index contributed by atoms with van der Waals surface area (Å²) in [7, 11) is 0. The van der Waals surface area contributed by atoms with Crippen LogP contribution in [0.1, 0.15) is 77.6 Å². The largest absolute Gasteiger partial charge is 0.354 e. The van der Waals surface area contributed by atoms with Crippen LogP contribution >= 0.6 is 11.3 Å². The topological polar surface area (TPSA) is 58.1 Å². The number of thiophene rings is 1. The highest BCUT2D eigenvalue weighted by molar-refractivity contribution is 7.17. The van der Waals surface area contributed by atoms with Crippen molar-refractivity contribution >= 4 is 33.3 Å². The molecule has 4 rings (SSSR count). The molecule has 170 valence electrons. The maximum Gasteiger partial charge on any atom is 0.220 e. The SMILES string of the molecule is Cc1nc(N2CC(C)(C)C[C@H]2CNC(=O)CC2CCCCC2(C)C)c2c(C)csc2n1. The summed E-state index contributed by atoms with van der Waals surface area (Å²) in [6.45, 7) is 15.0. The molecule has 1 aliphatic heterocycles. The van der Waals surface area contributed by atoms with Gasteiger partial charge in [-0.05, 0) is 60.8 Å². The van der Waals surface area contributed by atoms with E-state index in [1.165, 1.54) is 36.6 Å². The van der Waals surface area contributed by atoms with Gasteiger partial charge >= 0.3 is 0 Å². The zero-order valence-corrected chi connectivity index (χ0v) is 20.9. The lowest BCUT2D eigenvalue weighted by Gasteiger charge is -2.38. The predicted molar refractivity (Wildman–Crippen MR) is 130 cm³/mol. The standard InChI is InChI=1S/C25H38N4OS/c1-16-14-31-23-21(16)22(27-17(2)28-23)29-15-24(3,4)12-19(29)13-26-20(30)11-18-9-7-8-10-25(18,5)6/h14,18-19H,7-13,15H2,1-6H3,(H,26,30)/t18?,19-/m0/s1. The molecule has 0 spiro atoms. The van der Waals surface area contributed by atoms with Gasteiger partial charge in [0.05, 0.1) is 5.39 Å². The van der Waals surface area contributed by atoms with Crippen molar-refractivity contribution in [3.8, 4) is 0 Å². The first-order valence-electron chi connectivity index (χ1n) is 11.8. The van der Waals surface area contributed by atoms with Crippen LogP contribution in [0.4, 0.5) is 5.82 Å². The summed E-state index contributed by atoms with van der Waals surface area (Å²) in [5.74, 6) is 2.56. The summed E-state index contributed by atoms with van der Waals surface area (Å²) >= 11 is 1.69. The number of carbonyl (C=O) groups is 1. The Hall–Kier alpha value is -1.69. The van der Waals surface area contributed by atoms with Crippen LogP contribution in [0.25, 0.3) is 10.2 Å². The second-order valence-electron chi connectivity index (χ2n) is 11.3. The van der Waals surface area contributed by atoms with Crippen molar-refractivity contribution in [1.82, 2.24) is 15.3 Å². The van der Waals surface area contributed by atoms with Crippen molar-refractivity contribution in [3.63, 3.8) is 0 Å². The van der Waals surface area contributed by atoms with Crippen LogP contribution in [0.2, 0.25) is 0 Å². The maximum absolute atomic E-state index is 12.9. The number of aromatic nitrogens is 2. The summed E-state index contributed by atoms with van der Waals surface area (Å²) in [6, 6.07) is 0.259. The minimum atomic E-state index is 0.190. The third kappa shape index (κ3) is 4.74. The van der Waals surface area contributed by atoms with Crippen LogP contribution in [0.15, 0.2) is 5.38 Å². The molecule has 0 bridgehead atoms. The third-order valence-corrected chi connectivity index (χ3v) is 8.50. The molecule has 1 saturated carbocycles. The van der Waals surface area contributed by atoms with E-state index in [2.05, 4.69) is 55.2 Å². The minimum absolute atomic E-state index is 0.190. The Morgan fingerprint density at radius 1 is 1.23 bits per heavy atom. The van der Waals surface area contributed by atoms with E-state index in [1.807, 2.05) is 6.92 Å². The molecule has 1 saturated heterocycles. The first-order valence-corrected chi connectivity index (χ1v) is 12.7. The van der Waals surface area contributed by atoms with Crippen molar-refractivity contribution in [1.29, 1.82) is 0 Å². The molecular formula is C25H38N4OS. The van der Waals surface area contributed by atoms with Gasteiger partial charge in [0, 0.05) is 25.6 Å². The Morgan fingerprint density at radius 3 is 2.74 bits per heavy atom. The van der Waals surface area contributed by atoms with E-state index in [-0.39, 0.29) is 22.8 Å². The number of hydrogen-bond donors (Lipinski definition) is 1. The average molecular weight is 443 g/mol. The lowest BCUT2D eigenvalue weighted by Crippen LogP contribution is -2.42. The highest BCUT2D eigenvalue weighted by atomic mass is 32.1. The van der Waals surface area contributed by atoms with Gasteiger partial charge in [-0.3, -0.25) is 4.79 Å². The Labute approximate surface area is 191 Å². The number of fused-ring (bicyclic) bond motifs is 1. The fourth-order valence-corrected chi connectivity index (χ4v) is 6.64. The van der Waals surface area contributed by atoms with E-state index in [9.17, 15) is 4.79 Å². The van der Waals surface area contributed by atoms with E-state index in [0.717, 1.165) is 29.4 Å². The van der Waals surface area contributed by atoms with Gasteiger partial charge < -0.3 is 10.2 Å². The zero-order valence-electron chi connectivity index (χ0n) is 20.0. The van der Waals surface area contributed by atoms with Crippen molar-refractivity contribution < 1.29 is 4.79 Å². The van der Waals surface area contributed by atoms with E-state index < -0.39 is 0 Å². The van der Waals surface area contributed by atoms with Crippen LogP contribution in [0.5, 0.6) is 0 Å². The molecule has 3 heterocycles. The Balaban J connectivity index is 1.50. The van der Waals surface area contributed by atoms with Crippen molar-refractivity contribution in [3.05, 3.63) is 16.8 Å². The maximum atomic E-state index is 12.9. The lowest BCUT2D eigenvalue weighted by molar-refractivity contribution is -0.123. The van der Waals surface area contributed by atoms with Gasteiger partial charge in [-0.15, -0.1) is 11.3 Å². The number of amides is 1. The van der Waals surface area contributed by atoms with E-state index >= 15 is 0 Å². The Bertz CT molecular complexity index is 964. The molecule has 6 heteroatoms. The highest BCUT2D eigenvalue weighted by Gasteiger charge is 2.40. The molecule has 1 unspecified atom stereocenters. The van der Waals surface area contributed by atoms with Gasteiger partial charge in [-0.25, -0.2) is 9.97 Å². The third-order valence-electron chi connectivity index (χ3n) is 7.51. The molecule has 1 amide bonds. The fraction of sp³-hybridized carbons (Fsp3) is 0.720. The van der Waals surface area contributed by atoms with Gasteiger partial charge in [-0.1, -0.05) is 40.5 Å². The van der Waals surface area contributed by atoms with E-state index in [1.54, 1.807) is 11.3 Å². The second-order valence-corrected chi connectivity index (χ2v) is 12.1. The molecule has 1 N–H and O–H groups in total. The van der Waals surface area contributed by atoms with Crippen LogP contribution in [-0.2, 0) is 4.79 Å². The first-order chi connectivity index (χ1) is 14.6. The molecule has 0 radical (unpaired) electrons. The Morgan fingerprint density at radius 2 is 2.00 bits per heavy atom. The summed E-state index contributed by atoms with van der Waals surface area (Å²) in [4.78, 5) is 25.9. The first kappa shape index (κ1) is 22.5. The number of hydrogen-bond acceptors (Lipinski definition) is 5. The van der Waals surface area contributed by atoms with Crippen LogP contribution in [-0.4, -0.2) is 35.0 Å². The van der Waals surface area contributed by atoms with Gasteiger partial charge in [0.25, 0.3) is 0 Å². The van der Waals surface area contributed by atoms with E-state index in [0.29, 0.717) is 18.9 Å². The smallest absolute Gasteiger partial charge is 0.220 e. The van der Waals surface area contributed by atoms with E-state index in [4.69, 9.17) is 4.98 Å². The molecule has 2 aromatic rings. The lowest BCUT2D eigenvalue weighted by atomic mass is 9.67. The summed E-state index contributed by atoms with van der Waals surface area (Å²) < 4.78 is 0. The number of nitrogens with one attached hydrogen (secondary N) is 1. The minimum Gasteiger partial charge on any atom is -0.354 e. The number of carbonyl (C=O) groups excluding carboxylic acids is 1. The van der Waals surface area contributed by atoms with Gasteiger partial charge in [0.1, 0.15) is 16.5 Å². The normalized spacial score (nSPS) is 25.2. The molecule has 2 aromatic heterocycles. The second kappa shape index (κ2) is 8.34. The number of nitrogens with zero attached hydrogens (tertiary/aromatic N) is 3. The highest BCUT2D eigenvalue weighted by Crippen LogP contribution is 2.43. The van der Waals surface area contributed by atoms with Crippen molar-refractivity contribution in [2.24, 2.45) is 16.7 Å². The van der Waals surface area contributed by atoms with Crippen molar-refractivity contribution in [2.45, 2.75) is 86.1 Å². The molecule has 0 aromatic carbocycles. The summed E-state index contributed by atoms with van der Waals surface area (Å²) in [6.07, 6.45) is 6.68.